The monoisotopic (exact) mass is 350 g/mol. The Morgan fingerprint density at radius 2 is 2.00 bits per heavy atom. The highest BCUT2D eigenvalue weighted by Gasteiger charge is 2.17. The van der Waals surface area contributed by atoms with Gasteiger partial charge in [-0.05, 0) is 31.4 Å². The van der Waals surface area contributed by atoms with E-state index in [1.165, 1.54) is 23.1 Å². The fourth-order valence-electron chi connectivity index (χ4n) is 1.77. The zero-order valence-corrected chi connectivity index (χ0v) is 15.4. The lowest BCUT2D eigenvalue weighted by Gasteiger charge is -2.11. The number of nitrogens with one attached hydrogen (secondary N) is 2. The lowest BCUT2D eigenvalue weighted by atomic mass is 10.2. The predicted octanol–water partition coefficient (Wildman–Crippen LogP) is 4.03. The number of nitrogens with zero attached hydrogens (tertiary/aromatic N) is 2. The minimum absolute atomic E-state index is 0.0313. The number of thioether (sulfide) groups is 1. The maximum atomic E-state index is 12.3. The molecule has 1 amide bonds. The number of hydrogen-bond acceptors (Lipinski definition) is 6. The molecule has 0 fully saturated rings. The highest BCUT2D eigenvalue weighted by atomic mass is 32.2. The molecule has 7 heteroatoms. The molecule has 1 atom stereocenters. The van der Waals surface area contributed by atoms with Gasteiger partial charge >= 0.3 is 0 Å². The molecule has 1 unspecified atom stereocenters. The Kier molecular flexibility index (Phi) is 6.41. The van der Waals surface area contributed by atoms with E-state index in [2.05, 4.69) is 34.7 Å². The molecule has 1 aromatic heterocycles. The van der Waals surface area contributed by atoms with Crippen molar-refractivity contribution in [3.05, 3.63) is 29.8 Å². The van der Waals surface area contributed by atoms with E-state index < -0.39 is 0 Å². The van der Waals surface area contributed by atoms with Crippen molar-refractivity contribution in [1.29, 1.82) is 0 Å². The second kappa shape index (κ2) is 8.31. The molecule has 0 aliphatic carbocycles. The average Bonchev–Trinajstić information content (AvgIpc) is 2.95. The topological polar surface area (TPSA) is 66.9 Å². The number of carbonyl (C=O) groups excluding carboxylic acids is 1. The van der Waals surface area contributed by atoms with Gasteiger partial charge in [0.2, 0.25) is 11.0 Å². The van der Waals surface area contributed by atoms with Gasteiger partial charge in [0.1, 0.15) is 0 Å². The summed E-state index contributed by atoms with van der Waals surface area (Å²) in [5.74, 6) is 0.519. The van der Waals surface area contributed by atoms with Crippen molar-refractivity contribution in [2.45, 2.75) is 37.3 Å². The zero-order valence-electron chi connectivity index (χ0n) is 13.8. The second-order valence-electron chi connectivity index (χ2n) is 5.71. The first-order valence-corrected chi connectivity index (χ1v) is 9.26. The van der Waals surface area contributed by atoms with Crippen molar-refractivity contribution in [3.8, 4) is 0 Å². The minimum atomic E-state index is -0.236. The summed E-state index contributed by atoms with van der Waals surface area (Å²) in [5, 5.41) is 15.0. The quantitative estimate of drug-likeness (QED) is 0.738. The highest BCUT2D eigenvalue weighted by molar-refractivity contribution is 8.02. The number of aromatic nitrogens is 2. The van der Waals surface area contributed by atoms with Crippen LogP contribution in [0.4, 0.5) is 10.8 Å². The van der Waals surface area contributed by atoms with Gasteiger partial charge in [-0.25, -0.2) is 0 Å². The Morgan fingerprint density at radius 1 is 1.26 bits per heavy atom. The van der Waals surface area contributed by atoms with Crippen molar-refractivity contribution >= 4 is 39.8 Å². The fraction of sp³-hybridized carbons (Fsp3) is 0.438. The molecule has 0 spiro atoms. The van der Waals surface area contributed by atoms with Gasteiger partial charge < -0.3 is 10.6 Å². The van der Waals surface area contributed by atoms with Gasteiger partial charge in [-0.3, -0.25) is 4.79 Å². The van der Waals surface area contributed by atoms with Crippen LogP contribution in [0.3, 0.4) is 0 Å². The lowest BCUT2D eigenvalue weighted by Crippen LogP contribution is -2.22. The summed E-state index contributed by atoms with van der Waals surface area (Å²) >= 11 is 2.90. The third-order valence-electron chi connectivity index (χ3n) is 3.12. The van der Waals surface area contributed by atoms with Crippen LogP contribution in [0.25, 0.3) is 0 Å². The van der Waals surface area contributed by atoms with Crippen LogP contribution in [0.1, 0.15) is 26.3 Å². The number of rotatable bonds is 7. The fourth-order valence-corrected chi connectivity index (χ4v) is 3.68. The van der Waals surface area contributed by atoms with Crippen LogP contribution in [0, 0.1) is 12.8 Å². The van der Waals surface area contributed by atoms with Gasteiger partial charge in [0.15, 0.2) is 4.34 Å². The zero-order chi connectivity index (χ0) is 16.8. The number of carbonyl (C=O) groups is 1. The molecule has 2 aromatic rings. The van der Waals surface area contributed by atoms with Crippen LogP contribution >= 0.6 is 23.1 Å². The van der Waals surface area contributed by atoms with Gasteiger partial charge in [0, 0.05) is 12.2 Å². The SMILES string of the molecule is Cc1ccccc1NC(=O)C(C)Sc1nnc(NCC(C)C)s1. The number of aryl methyl sites for hydroxylation is 1. The molecule has 0 aliphatic heterocycles. The molecule has 0 radical (unpaired) electrons. The lowest BCUT2D eigenvalue weighted by molar-refractivity contribution is -0.115. The summed E-state index contributed by atoms with van der Waals surface area (Å²) in [6.07, 6.45) is 0. The average molecular weight is 351 g/mol. The van der Waals surface area contributed by atoms with Crippen molar-refractivity contribution in [2.24, 2.45) is 5.92 Å². The van der Waals surface area contributed by atoms with Crippen molar-refractivity contribution in [1.82, 2.24) is 10.2 Å². The van der Waals surface area contributed by atoms with E-state index >= 15 is 0 Å². The van der Waals surface area contributed by atoms with E-state index in [1.807, 2.05) is 38.1 Å². The Labute approximate surface area is 145 Å². The minimum Gasteiger partial charge on any atom is -0.360 e. The molecule has 0 bridgehead atoms. The van der Waals surface area contributed by atoms with Gasteiger partial charge in [-0.1, -0.05) is 55.1 Å². The largest absolute Gasteiger partial charge is 0.360 e. The second-order valence-corrected chi connectivity index (χ2v) is 8.28. The molecular formula is C16H22N4OS2. The van der Waals surface area contributed by atoms with Gasteiger partial charge in [-0.15, -0.1) is 10.2 Å². The maximum absolute atomic E-state index is 12.3. The molecule has 2 N–H and O–H groups in total. The molecule has 2 rings (SSSR count). The van der Waals surface area contributed by atoms with E-state index in [-0.39, 0.29) is 11.2 Å². The number of hydrogen-bond donors (Lipinski definition) is 2. The van der Waals surface area contributed by atoms with E-state index in [0.29, 0.717) is 5.92 Å². The predicted molar refractivity (Wildman–Crippen MR) is 98.4 cm³/mol. The summed E-state index contributed by atoms with van der Waals surface area (Å²) in [5.41, 5.74) is 1.90. The normalized spacial score (nSPS) is 12.2. The van der Waals surface area contributed by atoms with Crippen LogP contribution in [-0.2, 0) is 4.79 Å². The van der Waals surface area contributed by atoms with Gasteiger partial charge in [0.25, 0.3) is 0 Å². The van der Waals surface area contributed by atoms with Crippen molar-refractivity contribution in [3.63, 3.8) is 0 Å². The number of anilines is 2. The Balaban J connectivity index is 1.90. The molecule has 23 heavy (non-hydrogen) atoms. The Morgan fingerprint density at radius 3 is 2.70 bits per heavy atom. The standard InChI is InChI=1S/C16H22N4OS2/c1-10(2)9-17-15-19-20-16(23-15)22-12(4)14(21)18-13-8-6-5-7-11(13)3/h5-8,10,12H,9H2,1-4H3,(H,17,19)(H,18,21). The van der Waals surface area contributed by atoms with E-state index in [4.69, 9.17) is 0 Å². The summed E-state index contributed by atoms with van der Waals surface area (Å²) < 4.78 is 0.795. The Bertz CT molecular complexity index is 657. The van der Waals surface area contributed by atoms with Crippen molar-refractivity contribution < 1.29 is 4.79 Å². The summed E-state index contributed by atoms with van der Waals surface area (Å²) in [4.78, 5) is 12.3. The first kappa shape index (κ1) is 17.7. The molecule has 1 heterocycles. The van der Waals surface area contributed by atoms with Crippen LogP contribution in [-0.4, -0.2) is 27.9 Å². The van der Waals surface area contributed by atoms with E-state index in [9.17, 15) is 4.79 Å². The van der Waals surface area contributed by atoms with Crippen LogP contribution < -0.4 is 10.6 Å². The van der Waals surface area contributed by atoms with E-state index in [0.717, 1.165) is 27.3 Å². The van der Waals surface area contributed by atoms with E-state index in [1.54, 1.807) is 0 Å². The van der Waals surface area contributed by atoms with Gasteiger partial charge in [-0.2, -0.15) is 0 Å². The summed E-state index contributed by atoms with van der Waals surface area (Å²) in [6, 6.07) is 7.75. The summed E-state index contributed by atoms with van der Waals surface area (Å²) in [6.45, 7) is 9.00. The molecule has 0 saturated carbocycles. The molecule has 0 aliphatic rings. The Hall–Kier alpha value is -1.60. The van der Waals surface area contributed by atoms with Crippen LogP contribution in [0.5, 0.6) is 0 Å². The maximum Gasteiger partial charge on any atom is 0.237 e. The number of amides is 1. The summed E-state index contributed by atoms with van der Waals surface area (Å²) in [7, 11) is 0. The third kappa shape index (κ3) is 5.51. The van der Waals surface area contributed by atoms with Gasteiger partial charge in [0.05, 0.1) is 5.25 Å². The molecule has 5 nitrogen and oxygen atoms in total. The van der Waals surface area contributed by atoms with Crippen LogP contribution in [0.15, 0.2) is 28.6 Å². The third-order valence-corrected chi connectivity index (χ3v) is 5.18. The molecule has 124 valence electrons. The first-order valence-electron chi connectivity index (χ1n) is 7.56. The first-order chi connectivity index (χ1) is 11.0. The smallest absolute Gasteiger partial charge is 0.237 e. The molecule has 1 aromatic carbocycles. The van der Waals surface area contributed by atoms with Crippen molar-refractivity contribution in [2.75, 3.05) is 17.2 Å². The number of benzene rings is 1. The van der Waals surface area contributed by atoms with Crippen LogP contribution in [0.2, 0.25) is 0 Å². The highest BCUT2D eigenvalue weighted by Crippen LogP contribution is 2.29. The number of para-hydroxylation sites is 1. The molecular weight excluding hydrogens is 328 g/mol. The molecule has 0 saturated heterocycles.